The van der Waals surface area contributed by atoms with Crippen molar-refractivity contribution in [2.24, 2.45) is 0 Å². The zero-order valence-electron chi connectivity index (χ0n) is 10.5. The number of rotatable bonds is 2. The van der Waals surface area contributed by atoms with Gasteiger partial charge >= 0.3 is 0 Å². The van der Waals surface area contributed by atoms with Crippen LogP contribution in [0, 0.1) is 10.1 Å². The van der Waals surface area contributed by atoms with Gasteiger partial charge in [-0.15, -0.1) is 0 Å². The van der Waals surface area contributed by atoms with Crippen LogP contribution >= 0.6 is 0 Å². The highest BCUT2D eigenvalue weighted by Crippen LogP contribution is 2.28. The van der Waals surface area contributed by atoms with Crippen molar-refractivity contribution < 1.29 is 4.92 Å². The fraction of sp³-hybridized carbons (Fsp3) is 0.500. The van der Waals surface area contributed by atoms with E-state index in [0.717, 1.165) is 38.3 Å². The number of nitro groups is 1. The summed E-state index contributed by atoms with van der Waals surface area (Å²) in [5, 5.41) is 10.7. The molecule has 1 heterocycles. The fourth-order valence-electron chi connectivity index (χ4n) is 2.23. The summed E-state index contributed by atoms with van der Waals surface area (Å²) < 4.78 is 0. The average molecular weight is 250 g/mol. The maximum absolute atomic E-state index is 10.7. The van der Waals surface area contributed by atoms with Crippen LogP contribution in [0.4, 0.5) is 17.1 Å². The summed E-state index contributed by atoms with van der Waals surface area (Å²) in [6, 6.07) is 4.70. The van der Waals surface area contributed by atoms with Crippen molar-refractivity contribution in [1.29, 1.82) is 0 Å². The number of hydrogen-bond acceptors (Lipinski definition) is 5. The van der Waals surface area contributed by atoms with Gasteiger partial charge in [-0.05, 0) is 26.1 Å². The quantitative estimate of drug-likeness (QED) is 0.486. The van der Waals surface area contributed by atoms with Crippen molar-refractivity contribution in [3.8, 4) is 0 Å². The highest BCUT2D eigenvalue weighted by Gasteiger charge is 2.16. The molecule has 1 fully saturated rings. The molecule has 2 rings (SSSR count). The van der Waals surface area contributed by atoms with E-state index in [-0.39, 0.29) is 5.69 Å². The molecule has 0 amide bonds. The summed E-state index contributed by atoms with van der Waals surface area (Å²) in [5.41, 5.74) is 7.34. The van der Waals surface area contributed by atoms with Crippen molar-refractivity contribution in [3.05, 3.63) is 28.3 Å². The zero-order valence-corrected chi connectivity index (χ0v) is 10.5. The lowest BCUT2D eigenvalue weighted by Gasteiger charge is -2.24. The highest BCUT2D eigenvalue weighted by atomic mass is 16.6. The predicted molar refractivity (Wildman–Crippen MR) is 71.8 cm³/mol. The third-order valence-corrected chi connectivity index (χ3v) is 3.28. The Morgan fingerprint density at radius 3 is 2.72 bits per heavy atom. The lowest BCUT2D eigenvalue weighted by Crippen LogP contribution is -2.29. The maximum Gasteiger partial charge on any atom is 0.271 e. The third kappa shape index (κ3) is 2.70. The Morgan fingerprint density at radius 1 is 1.28 bits per heavy atom. The zero-order chi connectivity index (χ0) is 13.1. The molecule has 0 unspecified atom stereocenters. The lowest BCUT2D eigenvalue weighted by atomic mass is 10.2. The smallest absolute Gasteiger partial charge is 0.271 e. The number of non-ortho nitro benzene ring substituents is 1. The summed E-state index contributed by atoms with van der Waals surface area (Å²) in [5.74, 6) is 0. The summed E-state index contributed by atoms with van der Waals surface area (Å²) in [7, 11) is 2.10. The van der Waals surface area contributed by atoms with E-state index in [1.807, 2.05) is 0 Å². The molecular weight excluding hydrogens is 232 g/mol. The molecule has 2 N–H and O–H groups in total. The van der Waals surface area contributed by atoms with Crippen LogP contribution in [0.1, 0.15) is 6.42 Å². The summed E-state index contributed by atoms with van der Waals surface area (Å²) in [6.45, 7) is 3.89. The van der Waals surface area contributed by atoms with E-state index < -0.39 is 4.92 Å². The van der Waals surface area contributed by atoms with Crippen LogP contribution in [0.15, 0.2) is 18.2 Å². The molecule has 0 spiro atoms. The molecule has 0 bridgehead atoms. The van der Waals surface area contributed by atoms with E-state index in [1.54, 1.807) is 6.07 Å². The molecule has 0 radical (unpaired) electrons. The normalized spacial score (nSPS) is 17.5. The largest absolute Gasteiger partial charge is 0.397 e. The van der Waals surface area contributed by atoms with Gasteiger partial charge in [-0.25, -0.2) is 0 Å². The van der Waals surface area contributed by atoms with Gasteiger partial charge in [0.1, 0.15) is 0 Å². The molecule has 18 heavy (non-hydrogen) atoms. The van der Waals surface area contributed by atoms with Crippen LogP contribution in [0.2, 0.25) is 0 Å². The molecule has 1 saturated heterocycles. The second-order valence-electron chi connectivity index (χ2n) is 4.64. The van der Waals surface area contributed by atoms with E-state index in [1.165, 1.54) is 12.1 Å². The standard InChI is InChI=1S/C12H18N4O2/c1-14-5-2-6-15(8-7-14)12-4-3-10(16(17)18)9-11(12)13/h3-4,9H,2,5-8,13H2,1H3. The van der Waals surface area contributed by atoms with Crippen LogP contribution in [-0.2, 0) is 0 Å². The van der Waals surface area contributed by atoms with Crippen LogP contribution in [0.5, 0.6) is 0 Å². The Labute approximate surface area is 106 Å². The number of hydrogen-bond donors (Lipinski definition) is 1. The van der Waals surface area contributed by atoms with Gasteiger partial charge in [-0.1, -0.05) is 0 Å². The Bertz CT molecular complexity index is 450. The molecule has 0 aliphatic carbocycles. The number of anilines is 2. The summed E-state index contributed by atoms with van der Waals surface area (Å²) >= 11 is 0. The Morgan fingerprint density at radius 2 is 2.06 bits per heavy atom. The number of nitrogen functional groups attached to an aromatic ring is 1. The Hall–Kier alpha value is -1.82. The first kappa shape index (κ1) is 12.6. The van der Waals surface area contributed by atoms with Crippen LogP contribution in [0.25, 0.3) is 0 Å². The van der Waals surface area contributed by atoms with Gasteiger partial charge in [0.2, 0.25) is 0 Å². The fourth-order valence-corrected chi connectivity index (χ4v) is 2.23. The van der Waals surface area contributed by atoms with Crippen LogP contribution < -0.4 is 10.6 Å². The number of nitro benzene ring substituents is 1. The van der Waals surface area contributed by atoms with E-state index >= 15 is 0 Å². The molecule has 1 aromatic carbocycles. The maximum atomic E-state index is 10.7. The predicted octanol–water partition coefficient (Wildman–Crippen LogP) is 1.32. The first-order chi connectivity index (χ1) is 8.58. The first-order valence-electron chi connectivity index (χ1n) is 6.05. The molecule has 1 aliphatic heterocycles. The first-order valence-corrected chi connectivity index (χ1v) is 6.05. The monoisotopic (exact) mass is 250 g/mol. The molecular formula is C12H18N4O2. The second-order valence-corrected chi connectivity index (χ2v) is 4.64. The number of likely N-dealkylation sites (N-methyl/N-ethyl adjacent to an activating group) is 1. The summed E-state index contributed by atoms with van der Waals surface area (Å²) in [6.07, 6.45) is 1.08. The van der Waals surface area contributed by atoms with Gasteiger partial charge in [-0.3, -0.25) is 10.1 Å². The molecule has 1 aromatic rings. The third-order valence-electron chi connectivity index (χ3n) is 3.28. The summed E-state index contributed by atoms with van der Waals surface area (Å²) in [4.78, 5) is 14.7. The number of benzene rings is 1. The van der Waals surface area contributed by atoms with E-state index in [0.29, 0.717) is 5.69 Å². The highest BCUT2D eigenvalue weighted by molar-refractivity contribution is 5.70. The molecule has 6 heteroatoms. The van der Waals surface area contributed by atoms with Gasteiger partial charge in [0.15, 0.2) is 0 Å². The minimum Gasteiger partial charge on any atom is -0.397 e. The molecule has 1 aliphatic rings. The van der Waals surface area contributed by atoms with Crippen molar-refractivity contribution >= 4 is 17.1 Å². The van der Waals surface area contributed by atoms with Crippen molar-refractivity contribution in [1.82, 2.24) is 4.90 Å². The van der Waals surface area contributed by atoms with E-state index in [2.05, 4.69) is 16.8 Å². The molecule has 98 valence electrons. The Balaban J connectivity index is 2.20. The molecule has 6 nitrogen and oxygen atoms in total. The van der Waals surface area contributed by atoms with Gasteiger partial charge < -0.3 is 15.5 Å². The molecule has 0 aromatic heterocycles. The number of nitrogens with two attached hydrogens (primary N) is 1. The van der Waals surface area contributed by atoms with Gasteiger partial charge in [0.05, 0.1) is 16.3 Å². The van der Waals surface area contributed by atoms with Crippen LogP contribution in [0.3, 0.4) is 0 Å². The van der Waals surface area contributed by atoms with Gasteiger partial charge in [0.25, 0.3) is 5.69 Å². The van der Waals surface area contributed by atoms with Gasteiger partial charge in [0, 0.05) is 31.8 Å². The van der Waals surface area contributed by atoms with Crippen molar-refractivity contribution in [3.63, 3.8) is 0 Å². The Kier molecular flexibility index (Phi) is 3.66. The molecule has 0 atom stereocenters. The minimum atomic E-state index is -0.420. The topological polar surface area (TPSA) is 75.6 Å². The average Bonchev–Trinajstić information content (AvgIpc) is 2.54. The van der Waals surface area contributed by atoms with E-state index in [4.69, 9.17) is 5.73 Å². The minimum absolute atomic E-state index is 0.0446. The number of nitrogens with zero attached hydrogens (tertiary/aromatic N) is 3. The molecule has 0 saturated carbocycles. The van der Waals surface area contributed by atoms with Crippen molar-refractivity contribution in [2.45, 2.75) is 6.42 Å². The SMILES string of the molecule is CN1CCCN(c2ccc([N+](=O)[O-])cc2N)CC1. The lowest BCUT2D eigenvalue weighted by molar-refractivity contribution is -0.384. The second kappa shape index (κ2) is 5.22. The van der Waals surface area contributed by atoms with Gasteiger partial charge in [-0.2, -0.15) is 0 Å². The van der Waals surface area contributed by atoms with E-state index in [9.17, 15) is 10.1 Å². The van der Waals surface area contributed by atoms with Crippen LogP contribution in [-0.4, -0.2) is 43.0 Å². The van der Waals surface area contributed by atoms with Crippen molar-refractivity contribution in [2.75, 3.05) is 43.9 Å².